The molecule has 0 aliphatic rings. The summed E-state index contributed by atoms with van der Waals surface area (Å²) in [5.74, 6) is 3.68. The minimum atomic E-state index is 0.862. The lowest BCUT2D eigenvalue weighted by Crippen LogP contribution is -1.99. The quantitative estimate of drug-likeness (QED) is 0.133. The molecule has 4 aromatic heterocycles. The number of unbranched alkanes of at least 4 members (excludes halogenated alkanes) is 5. The van der Waals surface area contributed by atoms with Crippen LogP contribution < -0.4 is 5.32 Å². The molecule has 0 saturated heterocycles. The average molecular weight is 564 g/mol. The van der Waals surface area contributed by atoms with Crippen LogP contribution in [0.3, 0.4) is 0 Å². The third kappa shape index (κ3) is 4.71. The largest absolute Gasteiger partial charge is 0.461 e. The van der Waals surface area contributed by atoms with E-state index in [1.54, 1.807) is 0 Å². The molecule has 0 bridgehead atoms. The molecule has 40 heavy (non-hydrogen) atoms. The first-order chi connectivity index (χ1) is 19.7. The van der Waals surface area contributed by atoms with E-state index in [-0.39, 0.29) is 0 Å². The zero-order valence-corrected chi connectivity index (χ0v) is 24.6. The van der Waals surface area contributed by atoms with Gasteiger partial charge in [0.2, 0.25) is 0 Å². The van der Waals surface area contributed by atoms with Crippen molar-refractivity contribution >= 4 is 70.3 Å². The zero-order valence-electron chi connectivity index (χ0n) is 23.0. The normalized spacial score (nSPS) is 11.9. The van der Waals surface area contributed by atoms with E-state index in [1.807, 2.05) is 35.7 Å². The van der Waals surface area contributed by atoms with Crippen molar-refractivity contribution in [1.29, 1.82) is 0 Å². The van der Waals surface area contributed by atoms with Crippen LogP contribution in [-0.2, 0) is 0 Å². The Hall–Kier alpha value is -3.54. The average Bonchev–Trinajstić information content (AvgIpc) is 3.77. The topological polar surface area (TPSA) is 38.3 Å². The zero-order chi connectivity index (χ0) is 27.1. The van der Waals surface area contributed by atoms with E-state index in [4.69, 9.17) is 8.83 Å². The summed E-state index contributed by atoms with van der Waals surface area (Å²) in [7, 11) is 0. The van der Waals surface area contributed by atoms with E-state index in [0.29, 0.717) is 0 Å². The van der Waals surface area contributed by atoms with Crippen LogP contribution in [0.25, 0.3) is 63.0 Å². The lowest BCUT2D eigenvalue weighted by molar-refractivity contribution is 0.549. The van der Waals surface area contributed by atoms with Gasteiger partial charge in [-0.1, -0.05) is 75.4 Å². The number of furan rings is 2. The molecule has 0 aliphatic carbocycles. The Bertz CT molecular complexity index is 1950. The molecular formula is C35H33NO2S2. The Labute approximate surface area is 242 Å². The molecule has 0 radical (unpaired) electrons. The molecule has 4 heterocycles. The SMILES string of the molecule is CCCCCCCCNc1ccc(-c2cc3ccc4c5ccc6cc(-c7ccc(C)o7)sc6c5ccc4c3s2)o1. The molecule has 0 saturated carbocycles. The highest BCUT2D eigenvalue weighted by atomic mass is 32.1. The minimum Gasteiger partial charge on any atom is -0.461 e. The van der Waals surface area contributed by atoms with Gasteiger partial charge in [-0.2, -0.15) is 0 Å². The molecule has 0 aliphatic heterocycles. The van der Waals surface area contributed by atoms with Gasteiger partial charge in [0.05, 0.1) is 9.75 Å². The lowest BCUT2D eigenvalue weighted by atomic mass is 10.00. The van der Waals surface area contributed by atoms with Crippen molar-refractivity contribution in [2.45, 2.75) is 52.4 Å². The highest BCUT2D eigenvalue weighted by Crippen LogP contribution is 2.43. The summed E-state index contributed by atoms with van der Waals surface area (Å²) in [6.45, 7) is 5.22. The molecule has 7 aromatic rings. The summed E-state index contributed by atoms with van der Waals surface area (Å²) in [5, 5.41) is 11.2. The van der Waals surface area contributed by atoms with Gasteiger partial charge in [0, 0.05) is 32.8 Å². The van der Waals surface area contributed by atoms with Crippen LogP contribution in [-0.4, -0.2) is 6.54 Å². The summed E-state index contributed by atoms with van der Waals surface area (Å²) in [6.07, 6.45) is 7.79. The molecule has 5 heteroatoms. The van der Waals surface area contributed by atoms with Gasteiger partial charge in [-0.25, -0.2) is 0 Å². The lowest BCUT2D eigenvalue weighted by Gasteiger charge is -2.06. The Morgan fingerprint density at radius 1 is 0.600 bits per heavy atom. The van der Waals surface area contributed by atoms with Crippen LogP contribution in [0.5, 0.6) is 0 Å². The second-order valence-corrected chi connectivity index (χ2v) is 12.8. The van der Waals surface area contributed by atoms with Gasteiger partial charge in [-0.05, 0) is 65.2 Å². The third-order valence-electron chi connectivity index (χ3n) is 7.82. The van der Waals surface area contributed by atoms with Crippen LogP contribution in [0, 0.1) is 6.92 Å². The molecule has 202 valence electrons. The molecule has 0 atom stereocenters. The predicted molar refractivity (Wildman–Crippen MR) is 174 cm³/mol. The Morgan fingerprint density at radius 3 is 1.80 bits per heavy atom. The molecule has 1 N–H and O–H groups in total. The molecular weight excluding hydrogens is 531 g/mol. The van der Waals surface area contributed by atoms with Crippen molar-refractivity contribution in [3.8, 4) is 21.3 Å². The fraction of sp³-hybridized carbons (Fsp3) is 0.257. The molecule has 0 spiro atoms. The number of hydrogen-bond donors (Lipinski definition) is 1. The first-order valence-electron chi connectivity index (χ1n) is 14.4. The summed E-state index contributed by atoms with van der Waals surface area (Å²) in [5.41, 5.74) is 0. The predicted octanol–water partition coefficient (Wildman–Crippen LogP) is 12.0. The van der Waals surface area contributed by atoms with Crippen LogP contribution in [0.4, 0.5) is 5.88 Å². The summed E-state index contributed by atoms with van der Waals surface area (Å²) >= 11 is 3.63. The van der Waals surface area contributed by atoms with Crippen molar-refractivity contribution in [2.75, 3.05) is 11.9 Å². The number of benzene rings is 3. The number of aryl methyl sites for hydroxylation is 1. The maximum Gasteiger partial charge on any atom is 0.193 e. The fourth-order valence-electron chi connectivity index (χ4n) is 5.71. The highest BCUT2D eigenvalue weighted by molar-refractivity contribution is 7.23. The van der Waals surface area contributed by atoms with Gasteiger partial charge in [0.25, 0.3) is 0 Å². The first-order valence-corrected chi connectivity index (χ1v) is 16.0. The summed E-state index contributed by atoms with van der Waals surface area (Å²) in [4.78, 5) is 2.34. The monoisotopic (exact) mass is 563 g/mol. The second kappa shape index (κ2) is 10.8. The highest BCUT2D eigenvalue weighted by Gasteiger charge is 2.15. The van der Waals surface area contributed by atoms with Gasteiger partial charge < -0.3 is 14.2 Å². The van der Waals surface area contributed by atoms with Crippen molar-refractivity contribution in [1.82, 2.24) is 0 Å². The fourth-order valence-corrected chi connectivity index (χ4v) is 8.01. The van der Waals surface area contributed by atoms with E-state index in [0.717, 1.165) is 29.7 Å². The minimum absolute atomic E-state index is 0.862. The number of hydrogen-bond acceptors (Lipinski definition) is 5. The number of fused-ring (bicyclic) bond motifs is 7. The van der Waals surface area contributed by atoms with Gasteiger partial charge in [0.1, 0.15) is 17.3 Å². The molecule has 7 rings (SSSR count). The van der Waals surface area contributed by atoms with Gasteiger partial charge >= 0.3 is 0 Å². The van der Waals surface area contributed by atoms with E-state index in [9.17, 15) is 0 Å². The molecule has 0 amide bonds. The van der Waals surface area contributed by atoms with E-state index in [2.05, 4.69) is 79.0 Å². The first kappa shape index (κ1) is 25.4. The van der Waals surface area contributed by atoms with Crippen molar-refractivity contribution in [2.24, 2.45) is 0 Å². The summed E-state index contributed by atoms with van der Waals surface area (Å²) < 4.78 is 14.7. The summed E-state index contributed by atoms with van der Waals surface area (Å²) in [6, 6.07) is 26.4. The standard InChI is InChI=1S/C35H33NO2S2/c1-3-4-5-6-7-8-19-36-33-18-17-30(38-33)32-21-24-11-13-26-25-12-10-23-20-31(29-16-9-22(2)37-29)39-34(23)27(25)14-15-28(26)35(24)40-32/h9-18,20-21,36H,3-8,19H2,1-2H3. The van der Waals surface area contributed by atoms with Gasteiger partial charge in [-0.15, -0.1) is 22.7 Å². The van der Waals surface area contributed by atoms with E-state index < -0.39 is 0 Å². The molecule has 3 aromatic carbocycles. The maximum atomic E-state index is 6.21. The molecule has 0 unspecified atom stereocenters. The second-order valence-electron chi connectivity index (χ2n) is 10.7. The van der Waals surface area contributed by atoms with Crippen LogP contribution in [0.15, 0.2) is 81.6 Å². The van der Waals surface area contributed by atoms with Crippen LogP contribution in [0.2, 0.25) is 0 Å². The number of rotatable bonds is 10. The van der Waals surface area contributed by atoms with Gasteiger partial charge in [0.15, 0.2) is 5.88 Å². The van der Waals surface area contributed by atoms with Crippen LogP contribution in [0.1, 0.15) is 51.2 Å². The van der Waals surface area contributed by atoms with Gasteiger partial charge in [-0.3, -0.25) is 0 Å². The Kier molecular flexibility index (Phi) is 6.86. The van der Waals surface area contributed by atoms with Crippen molar-refractivity contribution in [3.63, 3.8) is 0 Å². The molecule has 0 fully saturated rings. The Morgan fingerprint density at radius 2 is 1.18 bits per heavy atom. The smallest absolute Gasteiger partial charge is 0.193 e. The van der Waals surface area contributed by atoms with Crippen molar-refractivity contribution in [3.05, 3.63) is 78.6 Å². The van der Waals surface area contributed by atoms with E-state index >= 15 is 0 Å². The van der Waals surface area contributed by atoms with Crippen LogP contribution >= 0.6 is 22.7 Å². The van der Waals surface area contributed by atoms with E-state index in [1.165, 1.54) is 90.0 Å². The number of thiophene rings is 2. The number of nitrogens with one attached hydrogen (secondary N) is 1. The third-order valence-corrected chi connectivity index (χ3v) is 10.2. The Balaban J connectivity index is 1.17. The number of anilines is 1. The van der Waals surface area contributed by atoms with Crippen molar-refractivity contribution < 1.29 is 8.83 Å². The molecule has 3 nitrogen and oxygen atoms in total. The maximum absolute atomic E-state index is 6.21.